The average molecular weight is 269 g/mol. The maximum absolute atomic E-state index is 11.8. The van der Waals surface area contributed by atoms with E-state index < -0.39 is 5.97 Å². The van der Waals surface area contributed by atoms with Crippen LogP contribution >= 0.6 is 15.9 Å². The van der Waals surface area contributed by atoms with Gasteiger partial charge in [-0.15, -0.1) is 0 Å². The van der Waals surface area contributed by atoms with Crippen LogP contribution in [0.3, 0.4) is 0 Å². The molecule has 1 aromatic rings. The summed E-state index contributed by atoms with van der Waals surface area (Å²) >= 11 is 3.33. The van der Waals surface area contributed by atoms with Crippen LogP contribution < -0.4 is 0 Å². The number of ketones is 1. The predicted octanol–water partition coefficient (Wildman–Crippen LogP) is 2.28. The lowest BCUT2D eigenvalue weighted by Gasteiger charge is -2.01. The minimum Gasteiger partial charge on any atom is -0.481 e. The number of rotatable bonds is 2. The maximum Gasteiger partial charge on any atom is 0.304 e. The second-order valence-electron chi connectivity index (χ2n) is 3.66. The van der Waals surface area contributed by atoms with Gasteiger partial charge in [0.1, 0.15) is 0 Å². The van der Waals surface area contributed by atoms with Crippen LogP contribution in [0.1, 0.15) is 22.3 Å². The average Bonchev–Trinajstić information content (AvgIpc) is 2.42. The Bertz CT molecular complexity index is 439. The van der Waals surface area contributed by atoms with E-state index in [0.717, 1.165) is 10.0 Å². The van der Waals surface area contributed by atoms with Gasteiger partial charge in [-0.05, 0) is 24.1 Å². The lowest BCUT2D eigenvalue weighted by atomic mass is 10.0. The van der Waals surface area contributed by atoms with Crippen molar-refractivity contribution >= 4 is 27.7 Å². The molecule has 3 nitrogen and oxygen atoms in total. The molecule has 0 bridgehead atoms. The summed E-state index contributed by atoms with van der Waals surface area (Å²) in [6.07, 6.45) is 0.463. The van der Waals surface area contributed by atoms with Gasteiger partial charge in [0.2, 0.25) is 0 Å². The van der Waals surface area contributed by atoms with E-state index >= 15 is 0 Å². The van der Waals surface area contributed by atoms with Crippen molar-refractivity contribution in [3.05, 3.63) is 33.8 Å². The van der Waals surface area contributed by atoms with Gasteiger partial charge < -0.3 is 5.11 Å². The first-order valence-electron chi connectivity index (χ1n) is 4.62. The van der Waals surface area contributed by atoms with Gasteiger partial charge in [-0.2, -0.15) is 0 Å². The lowest BCUT2D eigenvalue weighted by molar-refractivity contribution is -0.137. The topological polar surface area (TPSA) is 54.4 Å². The number of carbonyl (C=O) groups is 2. The van der Waals surface area contributed by atoms with E-state index in [1.54, 1.807) is 12.1 Å². The first-order valence-corrected chi connectivity index (χ1v) is 5.41. The van der Waals surface area contributed by atoms with E-state index in [1.165, 1.54) is 0 Å². The molecule has 78 valence electrons. The molecule has 0 aliphatic heterocycles. The summed E-state index contributed by atoms with van der Waals surface area (Å²) in [4.78, 5) is 22.3. The minimum atomic E-state index is -0.916. The maximum atomic E-state index is 11.8. The van der Waals surface area contributed by atoms with Crippen LogP contribution in [0.5, 0.6) is 0 Å². The highest BCUT2D eigenvalue weighted by molar-refractivity contribution is 9.10. The number of aliphatic carboxylic acids is 1. The molecule has 0 aromatic heterocycles. The second kappa shape index (κ2) is 3.77. The van der Waals surface area contributed by atoms with Crippen molar-refractivity contribution in [2.45, 2.75) is 12.8 Å². The van der Waals surface area contributed by atoms with Gasteiger partial charge in [-0.25, -0.2) is 0 Å². The Morgan fingerprint density at radius 3 is 2.93 bits per heavy atom. The molecule has 4 heteroatoms. The fourth-order valence-corrected chi connectivity index (χ4v) is 2.33. The Labute approximate surface area is 95.2 Å². The SMILES string of the molecule is O=C(O)CC1Cc2cc(Br)ccc2C1=O. The van der Waals surface area contributed by atoms with Crippen LogP contribution in [0.4, 0.5) is 0 Å². The molecule has 0 fully saturated rings. The van der Waals surface area contributed by atoms with Crippen LogP contribution in [-0.4, -0.2) is 16.9 Å². The molecular weight excluding hydrogens is 260 g/mol. The molecule has 0 saturated heterocycles. The summed E-state index contributed by atoms with van der Waals surface area (Å²) in [5, 5.41) is 8.66. The number of fused-ring (bicyclic) bond motifs is 1. The second-order valence-corrected chi connectivity index (χ2v) is 4.58. The first kappa shape index (κ1) is 10.4. The smallest absolute Gasteiger partial charge is 0.304 e. The molecule has 1 unspecified atom stereocenters. The third kappa shape index (κ3) is 1.95. The molecule has 0 amide bonds. The van der Waals surface area contributed by atoms with E-state index in [0.29, 0.717) is 12.0 Å². The molecule has 0 heterocycles. The fourth-order valence-electron chi connectivity index (χ4n) is 1.93. The number of benzene rings is 1. The number of Topliss-reactive ketones (excluding diaryl/α,β-unsaturated/α-hetero) is 1. The van der Waals surface area contributed by atoms with Gasteiger partial charge in [0.05, 0.1) is 6.42 Å². The molecule has 0 spiro atoms. The van der Waals surface area contributed by atoms with Crippen molar-refractivity contribution in [3.63, 3.8) is 0 Å². The minimum absolute atomic E-state index is 0.0418. The third-order valence-electron chi connectivity index (χ3n) is 2.59. The molecule has 1 N–H and O–H groups in total. The number of hydrogen-bond donors (Lipinski definition) is 1. The van der Waals surface area contributed by atoms with Crippen LogP contribution in [0.2, 0.25) is 0 Å². The molecule has 1 aliphatic carbocycles. The highest BCUT2D eigenvalue weighted by Gasteiger charge is 2.31. The number of hydrogen-bond acceptors (Lipinski definition) is 2. The highest BCUT2D eigenvalue weighted by Crippen LogP contribution is 2.30. The molecular formula is C11H9BrO3. The van der Waals surface area contributed by atoms with Crippen LogP contribution in [-0.2, 0) is 11.2 Å². The van der Waals surface area contributed by atoms with Crippen LogP contribution in [0.25, 0.3) is 0 Å². The van der Waals surface area contributed by atoms with Gasteiger partial charge >= 0.3 is 5.97 Å². The Kier molecular flexibility index (Phi) is 2.61. The molecule has 1 aromatic carbocycles. The lowest BCUT2D eigenvalue weighted by Crippen LogP contribution is -2.13. The van der Waals surface area contributed by atoms with Crippen molar-refractivity contribution in [3.8, 4) is 0 Å². The normalized spacial score (nSPS) is 19.0. The van der Waals surface area contributed by atoms with Gasteiger partial charge in [0.15, 0.2) is 5.78 Å². The zero-order valence-corrected chi connectivity index (χ0v) is 9.45. The summed E-state index contributed by atoms with van der Waals surface area (Å²) in [6, 6.07) is 5.44. The van der Waals surface area contributed by atoms with Crippen molar-refractivity contribution in [2.24, 2.45) is 5.92 Å². The Morgan fingerprint density at radius 2 is 2.27 bits per heavy atom. The molecule has 1 atom stereocenters. The quantitative estimate of drug-likeness (QED) is 0.896. The van der Waals surface area contributed by atoms with Crippen molar-refractivity contribution in [1.29, 1.82) is 0 Å². The Morgan fingerprint density at radius 1 is 1.53 bits per heavy atom. The standard InChI is InChI=1S/C11H9BrO3/c12-8-1-2-9-6(4-8)3-7(11(9)15)5-10(13)14/h1-2,4,7H,3,5H2,(H,13,14). The zero-order valence-electron chi connectivity index (χ0n) is 7.87. The van der Waals surface area contributed by atoms with E-state index in [4.69, 9.17) is 5.11 Å². The van der Waals surface area contributed by atoms with E-state index in [-0.39, 0.29) is 18.1 Å². The van der Waals surface area contributed by atoms with Gasteiger partial charge in [-0.1, -0.05) is 22.0 Å². The number of carboxylic acids is 1. The molecule has 2 rings (SSSR count). The first-order chi connectivity index (χ1) is 7.08. The van der Waals surface area contributed by atoms with E-state index in [9.17, 15) is 9.59 Å². The summed E-state index contributed by atoms with van der Waals surface area (Å²) in [6.45, 7) is 0. The van der Waals surface area contributed by atoms with Crippen LogP contribution in [0, 0.1) is 5.92 Å². The molecule has 0 saturated carbocycles. The summed E-state index contributed by atoms with van der Waals surface area (Å²) in [5.74, 6) is -1.34. The summed E-state index contributed by atoms with van der Waals surface area (Å²) in [5.41, 5.74) is 1.62. The fraction of sp³-hybridized carbons (Fsp3) is 0.273. The predicted molar refractivity (Wildman–Crippen MR) is 57.9 cm³/mol. The van der Waals surface area contributed by atoms with Gasteiger partial charge in [-0.3, -0.25) is 9.59 Å². The van der Waals surface area contributed by atoms with Gasteiger partial charge in [0.25, 0.3) is 0 Å². The van der Waals surface area contributed by atoms with E-state index in [1.807, 2.05) is 6.07 Å². The van der Waals surface area contributed by atoms with E-state index in [2.05, 4.69) is 15.9 Å². The van der Waals surface area contributed by atoms with Crippen molar-refractivity contribution in [1.82, 2.24) is 0 Å². The van der Waals surface area contributed by atoms with Crippen LogP contribution in [0.15, 0.2) is 22.7 Å². The Balaban J connectivity index is 2.29. The van der Waals surface area contributed by atoms with Crippen molar-refractivity contribution in [2.75, 3.05) is 0 Å². The number of halogens is 1. The van der Waals surface area contributed by atoms with Crippen molar-refractivity contribution < 1.29 is 14.7 Å². The molecule has 15 heavy (non-hydrogen) atoms. The summed E-state index contributed by atoms with van der Waals surface area (Å²) < 4.78 is 0.921. The number of carbonyl (C=O) groups excluding carboxylic acids is 1. The third-order valence-corrected chi connectivity index (χ3v) is 3.08. The van der Waals surface area contributed by atoms with Gasteiger partial charge in [0, 0.05) is 16.0 Å². The Hall–Kier alpha value is -1.16. The monoisotopic (exact) mass is 268 g/mol. The number of carboxylic acid groups (broad SMARTS) is 1. The summed E-state index contributed by atoms with van der Waals surface area (Å²) in [7, 11) is 0. The zero-order chi connectivity index (χ0) is 11.0. The highest BCUT2D eigenvalue weighted by atomic mass is 79.9. The largest absolute Gasteiger partial charge is 0.481 e. The molecule has 0 radical (unpaired) electrons. The molecule has 1 aliphatic rings.